The van der Waals surface area contributed by atoms with Gasteiger partial charge in [-0.05, 0) is 30.5 Å². The van der Waals surface area contributed by atoms with Crippen molar-refractivity contribution in [2.45, 2.75) is 30.9 Å². The molecule has 1 unspecified atom stereocenters. The number of sulfone groups is 1. The van der Waals surface area contributed by atoms with Crippen LogP contribution in [0.4, 0.5) is 0 Å². The van der Waals surface area contributed by atoms with Gasteiger partial charge in [0.25, 0.3) is 0 Å². The predicted octanol–water partition coefficient (Wildman–Crippen LogP) is 2.53. The molecule has 1 heterocycles. The first kappa shape index (κ1) is 13.7. The lowest BCUT2D eigenvalue weighted by atomic mass is 10.0. The molecule has 5 heteroatoms. The summed E-state index contributed by atoms with van der Waals surface area (Å²) in [5.74, 6) is -0.0129. The molecule has 0 aliphatic carbocycles. The molecule has 1 aromatic rings. The maximum atomic E-state index is 12.1. The second-order valence-electron chi connectivity index (χ2n) is 4.62. The quantitative estimate of drug-likeness (QED) is 0.855. The van der Waals surface area contributed by atoms with E-state index in [1.807, 2.05) is 24.3 Å². The third kappa shape index (κ3) is 3.20. The number of Topliss-reactive ketones (excluding diaryl/α,β-unsaturated/α-hetero) is 1. The van der Waals surface area contributed by atoms with Gasteiger partial charge in [-0.3, -0.25) is 4.79 Å². The number of hydrogen-bond acceptors (Lipinski definition) is 3. The summed E-state index contributed by atoms with van der Waals surface area (Å²) in [6, 6.07) is 7.41. The monoisotopic (exact) mass is 330 g/mol. The van der Waals surface area contributed by atoms with Gasteiger partial charge in [-0.25, -0.2) is 8.42 Å². The summed E-state index contributed by atoms with van der Waals surface area (Å²) in [5.41, 5.74) is 0.865. The van der Waals surface area contributed by atoms with E-state index >= 15 is 0 Å². The number of halogens is 1. The summed E-state index contributed by atoms with van der Waals surface area (Å²) >= 11 is 3.33. The van der Waals surface area contributed by atoms with E-state index < -0.39 is 15.1 Å². The van der Waals surface area contributed by atoms with Crippen LogP contribution in [-0.2, 0) is 21.1 Å². The second kappa shape index (κ2) is 5.53. The Hall–Kier alpha value is -0.680. The molecule has 1 fully saturated rings. The van der Waals surface area contributed by atoms with Crippen molar-refractivity contribution in [1.29, 1.82) is 0 Å². The Morgan fingerprint density at radius 3 is 2.50 bits per heavy atom. The van der Waals surface area contributed by atoms with Crippen LogP contribution in [0, 0.1) is 0 Å². The Balaban J connectivity index is 2.10. The van der Waals surface area contributed by atoms with Gasteiger partial charge < -0.3 is 0 Å². The molecule has 1 aliphatic heterocycles. The van der Waals surface area contributed by atoms with Crippen LogP contribution in [0.3, 0.4) is 0 Å². The van der Waals surface area contributed by atoms with Crippen LogP contribution in [-0.4, -0.2) is 25.2 Å². The maximum absolute atomic E-state index is 12.1. The lowest BCUT2D eigenvalue weighted by Crippen LogP contribution is -2.36. The molecule has 0 N–H and O–H groups in total. The first-order valence-electron chi connectivity index (χ1n) is 5.98. The zero-order valence-electron chi connectivity index (χ0n) is 9.93. The Morgan fingerprint density at radius 1 is 1.22 bits per heavy atom. The fraction of sp³-hybridized carbons (Fsp3) is 0.462. The third-order valence-electron chi connectivity index (χ3n) is 3.23. The zero-order chi connectivity index (χ0) is 13.2. The van der Waals surface area contributed by atoms with Crippen LogP contribution in [0.5, 0.6) is 0 Å². The third-order valence-corrected chi connectivity index (χ3v) is 5.98. The summed E-state index contributed by atoms with van der Waals surface area (Å²) in [4.78, 5) is 12.1. The van der Waals surface area contributed by atoms with Crippen LogP contribution in [0.2, 0.25) is 0 Å². The van der Waals surface area contributed by atoms with E-state index in [-0.39, 0.29) is 18.0 Å². The van der Waals surface area contributed by atoms with Gasteiger partial charge in [0.05, 0.1) is 5.75 Å². The average Bonchev–Trinajstić information content (AvgIpc) is 2.31. The number of rotatable bonds is 3. The van der Waals surface area contributed by atoms with E-state index in [1.165, 1.54) is 0 Å². The predicted molar refractivity (Wildman–Crippen MR) is 74.3 cm³/mol. The van der Waals surface area contributed by atoms with E-state index in [0.717, 1.165) is 16.5 Å². The minimum absolute atomic E-state index is 0.156. The van der Waals surface area contributed by atoms with Crippen molar-refractivity contribution in [2.75, 3.05) is 5.75 Å². The highest BCUT2D eigenvalue weighted by molar-refractivity contribution is 9.10. The van der Waals surface area contributed by atoms with Crippen molar-refractivity contribution in [3.05, 3.63) is 34.3 Å². The van der Waals surface area contributed by atoms with Crippen LogP contribution in [0.25, 0.3) is 0 Å². The minimum Gasteiger partial charge on any atom is -0.298 e. The summed E-state index contributed by atoms with van der Waals surface area (Å²) in [5, 5.41) is -0.783. The fourth-order valence-corrected chi connectivity index (χ4v) is 4.40. The van der Waals surface area contributed by atoms with Crippen LogP contribution < -0.4 is 0 Å². The van der Waals surface area contributed by atoms with Crippen molar-refractivity contribution in [3.8, 4) is 0 Å². The molecule has 18 heavy (non-hydrogen) atoms. The van der Waals surface area contributed by atoms with Crippen LogP contribution in [0.15, 0.2) is 28.7 Å². The van der Waals surface area contributed by atoms with E-state index in [0.29, 0.717) is 12.8 Å². The molecule has 1 atom stereocenters. The van der Waals surface area contributed by atoms with Crippen molar-refractivity contribution >= 4 is 31.6 Å². The normalized spacial score (nSPS) is 22.6. The summed E-state index contributed by atoms with van der Waals surface area (Å²) in [6.07, 6.45) is 2.20. The van der Waals surface area contributed by atoms with Crippen LogP contribution in [0.1, 0.15) is 24.8 Å². The van der Waals surface area contributed by atoms with Gasteiger partial charge in [-0.1, -0.05) is 34.5 Å². The topological polar surface area (TPSA) is 51.2 Å². The van der Waals surface area contributed by atoms with Crippen molar-refractivity contribution in [2.24, 2.45) is 0 Å². The Labute approximate surface area is 116 Å². The van der Waals surface area contributed by atoms with E-state index in [4.69, 9.17) is 0 Å². The molecule has 0 amide bonds. The molecular weight excluding hydrogens is 316 g/mol. The number of hydrogen-bond donors (Lipinski definition) is 0. The highest BCUT2D eigenvalue weighted by Crippen LogP contribution is 2.22. The minimum atomic E-state index is -3.21. The smallest absolute Gasteiger partial charge is 0.160 e. The first-order chi connectivity index (χ1) is 8.49. The Kier molecular flexibility index (Phi) is 4.22. The van der Waals surface area contributed by atoms with Gasteiger partial charge in [-0.2, -0.15) is 0 Å². The van der Waals surface area contributed by atoms with Gasteiger partial charge in [0.15, 0.2) is 15.6 Å². The SMILES string of the molecule is O=C(Cc1ccc(Br)cc1)C1CCCCS1(=O)=O. The molecule has 1 aliphatic rings. The van der Waals surface area contributed by atoms with Crippen molar-refractivity contribution in [3.63, 3.8) is 0 Å². The summed E-state index contributed by atoms with van der Waals surface area (Å²) in [7, 11) is -3.21. The number of benzene rings is 1. The van der Waals surface area contributed by atoms with E-state index in [2.05, 4.69) is 15.9 Å². The van der Waals surface area contributed by atoms with Gasteiger partial charge in [0.2, 0.25) is 0 Å². The van der Waals surface area contributed by atoms with Gasteiger partial charge in [0.1, 0.15) is 5.25 Å². The molecule has 98 valence electrons. The van der Waals surface area contributed by atoms with E-state index in [1.54, 1.807) is 0 Å². The molecule has 0 spiro atoms. The van der Waals surface area contributed by atoms with Gasteiger partial charge >= 0.3 is 0 Å². The molecule has 0 aromatic heterocycles. The van der Waals surface area contributed by atoms with Gasteiger partial charge in [-0.15, -0.1) is 0 Å². The van der Waals surface area contributed by atoms with Crippen molar-refractivity contribution in [1.82, 2.24) is 0 Å². The average molecular weight is 331 g/mol. The lowest BCUT2D eigenvalue weighted by Gasteiger charge is -2.21. The molecule has 1 saturated heterocycles. The molecule has 2 rings (SSSR count). The highest BCUT2D eigenvalue weighted by atomic mass is 79.9. The molecule has 0 saturated carbocycles. The Bertz CT molecular complexity index is 534. The van der Waals surface area contributed by atoms with Crippen LogP contribution >= 0.6 is 15.9 Å². The summed E-state index contributed by atoms with van der Waals surface area (Å²) < 4.78 is 24.6. The number of ketones is 1. The second-order valence-corrected chi connectivity index (χ2v) is 7.84. The molecular formula is C13H15BrO3S. The standard InChI is InChI=1S/C13H15BrO3S/c14-11-6-4-10(5-7-11)9-12(15)13-3-1-2-8-18(13,16)17/h4-7,13H,1-3,8-9H2. The molecule has 1 aromatic carbocycles. The maximum Gasteiger partial charge on any atom is 0.160 e. The number of carbonyl (C=O) groups excluding carboxylic acids is 1. The summed E-state index contributed by atoms with van der Waals surface area (Å²) in [6.45, 7) is 0. The van der Waals surface area contributed by atoms with Gasteiger partial charge in [0, 0.05) is 10.9 Å². The largest absolute Gasteiger partial charge is 0.298 e. The zero-order valence-corrected chi connectivity index (χ0v) is 12.3. The Morgan fingerprint density at radius 2 is 1.89 bits per heavy atom. The molecule has 0 bridgehead atoms. The molecule has 3 nitrogen and oxygen atoms in total. The number of carbonyl (C=O) groups is 1. The lowest BCUT2D eigenvalue weighted by molar-refractivity contribution is -0.118. The first-order valence-corrected chi connectivity index (χ1v) is 8.48. The fourth-order valence-electron chi connectivity index (χ4n) is 2.23. The highest BCUT2D eigenvalue weighted by Gasteiger charge is 2.34. The molecule has 0 radical (unpaired) electrons. The van der Waals surface area contributed by atoms with Crippen molar-refractivity contribution < 1.29 is 13.2 Å². The van der Waals surface area contributed by atoms with E-state index in [9.17, 15) is 13.2 Å².